The van der Waals surface area contributed by atoms with Gasteiger partial charge in [0.2, 0.25) is 0 Å². The second kappa shape index (κ2) is 20.2. The molecule has 0 spiro atoms. The largest absolute Gasteiger partial charge is 0.394 e. The summed E-state index contributed by atoms with van der Waals surface area (Å²) in [6.07, 6.45) is 19.2. The van der Waals surface area contributed by atoms with Gasteiger partial charge in [0.15, 0.2) is 0 Å². The molecular weight excluding hydrogens is 312 g/mol. The molecule has 0 aliphatic carbocycles. The van der Waals surface area contributed by atoms with Gasteiger partial charge in [-0.05, 0) is 20.3 Å². The van der Waals surface area contributed by atoms with E-state index in [-0.39, 0.29) is 18.8 Å². The Hall–Kier alpha value is -0.120. The van der Waals surface area contributed by atoms with E-state index < -0.39 is 0 Å². The van der Waals surface area contributed by atoms with Gasteiger partial charge in [0, 0.05) is 6.61 Å². The topological polar surface area (TPSA) is 38.7 Å². The third-order valence-electron chi connectivity index (χ3n) is 4.61. The molecule has 0 amide bonds. The molecule has 0 aromatic rings. The molecule has 0 radical (unpaired) electrons. The SMILES string of the molecule is CCCCCCCCCCCCCCCCOCC(CO)OC(C)C. The average molecular weight is 359 g/mol. The van der Waals surface area contributed by atoms with Gasteiger partial charge in [-0.2, -0.15) is 0 Å². The second-order valence-corrected chi connectivity index (χ2v) is 7.66. The van der Waals surface area contributed by atoms with Crippen LogP contribution in [0.2, 0.25) is 0 Å². The lowest BCUT2D eigenvalue weighted by Gasteiger charge is -2.18. The Kier molecular flexibility index (Phi) is 20.1. The lowest BCUT2D eigenvalue weighted by Crippen LogP contribution is -2.27. The highest BCUT2D eigenvalue weighted by molar-refractivity contribution is 4.56. The molecule has 0 aliphatic heterocycles. The molecule has 1 N–H and O–H groups in total. The number of hydrogen-bond acceptors (Lipinski definition) is 3. The van der Waals surface area contributed by atoms with E-state index in [1.165, 1.54) is 83.5 Å². The summed E-state index contributed by atoms with van der Waals surface area (Å²) < 4.78 is 11.2. The number of unbranched alkanes of at least 4 members (excludes halogenated alkanes) is 13. The van der Waals surface area contributed by atoms with Crippen molar-refractivity contribution in [3.05, 3.63) is 0 Å². The summed E-state index contributed by atoms with van der Waals surface area (Å²) in [4.78, 5) is 0. The molecule has 1 atom stereocenters. The van der Waals surface area contributed by atoms with Crippen LogP contribution in [-0.2, 0) is 9.47 Å². The molecule has 0 fully saturated rings. The summed E-state index contributed by atoms with van der Waals surface area (Å²) >= 11 is 0. The van der Waals surface area contributed by atoms with E-state index in [0.717, 1.165) is 13.0 Å². The van der Waals surface area contributed by atoms with Crippen molar-refractivity contribution >= 4 is 0 Å². The van der Waals surface area contributed by atoms with Gasteiger partial charge < -0.3 is 14.6 Å². The molecule has 152 valence electrons. The highest BCUT2D eigenvalue weighted by Gasteiger charge is 2.09. The molecule has 3 nitrogen and oxygen atoms in total. The Balaban J connectivity index is 3.14. The molecule has 0 aromatic carbocycles. The molecule has 0 rings (SSSR count). The maximum absolute atomic E-state index is 9.20. The Morgan fingerprint density at radius 2 is 1.12 bits per heavy atom. The third-order valence-corrected chi connectivity index (χ3v) is 4.61. The van der Waals surface area contributed by atoms with Crippen molar-refractivity contribution in [3.63, 3.8) is 0 Å². The highest BCUT2D eigenvalue weighted by Crippen LogP contribution is 2.13. The van der Waals surface area contributed by atoms with Crippen LogP contribution in [0.5, 0.6) is 0 Å². The Labute approximate surface area is 157 Å². The normalized spacial score (nSPS) is 12.8. The smallest absolute Gasteiger partial charge is 0.104 e. The monoisotopic (exact) mass is 358 g/mol. The summed E-state index contributed by atoms with van der Waals surface area (Å²) in [5.74, 6) is 0. The summed E-state index contributed by atoms with van der Waals surface area (Å²) in [7, 11) is 0. The highest BCUT2D eigenvalue weighted by atomic mass is 16.5. The van der Waals surface area contributed by atoms with Crippen LogP contribution in [0.15, 0.2) is 0 Å². The molecule has 25 heavy (non-hydrogen) atoms. The number of rotatable bonds is 20. The Morgan fingerprint density at radius 3 is 1.52 bits per heavy atom. The average Bonchev–Trinajstić information content (AvgIpc) is 2.60. The molecular formula is C22H46O3. The molecule has 0 aromatic heterocycles. The van der Waals surface area contributed by atoms with Crippen LogP contribution in [0.3, 0.4) is 0 Å². The molecule has 0 saturated heterocycles. The van der Waals surface area contributed by atoms with E-state index in [1.807, 2.05) is 13.8 Å². The summed E-state index contributed by atoms with van der Waals surface area (Å²) in [6.45, 7) is 7.58. The fraction of sp³-hybridized carbons (Fsp3) is 1.00. The van der Waals surface area contributed by atoms with Crippen LogP contribution in [-0.4, -0.2) is 37.1 Å². The minimum Gasteiger partial charge on any atom is -0.394 e. The quantitative estimate of drug-likeness (QED) is 0.261. The van der Waals surface area contributed by atoms with Crippen LogP contribution in [0.4, 0.5) is 0 Å². The first kappa shape index (κ1) is 24.9. The van der Waals surface area contributed by atoms with E-state index in [1.54, 1.807) is 0 Å². The van der Waals surface area contributed by atoms with E-state index in [9.17, 15) is 5.11 Å². The zero-order valence-corrected chi connectivity index (χ0v) is 17.4. The van der Waals surface area contributed by atoms with E-state index in [2.05, 4.69) is 6.92 Å². The summed E-state index contributed by atoms with van der Waals surface area (Å²) in [5, 5.41) is 9.20. The van der Waals surface area contributed by atoms with Crippen LogP contribution < -0.4 is 0 Å². The number of hydrogen-bond donors (Lipinski definition) is 1. The molecule has 1 unspecified atom stereocenters. The van der Waals surface area contributed by atoms with Gasteiger partial charge >= 0.3 is 0 Å². The molecule has 0 saturated carbocycles. The third kappa shape index (κ3) is 20.0. The molecule has 3 heteroatoms. The Bertz CT molecular complexity index is 243. The van der Waals surface area contributed by atoms with Crippen molar-refractivity contribution in [3.8, 4) is 0 Å². The summed E-state index contributed by atoms with van der Waals surface area (Å²) in [6, 6.07) is 0. The minimum atomic E-state index is -0.174. The fourth-order valence-electron chi connectivity index (χ4n) is 3.13. The number of aliphatic hydroxyl groups is 1. The Morgan fingerprint density at radius 1 is 0.680 bits per heavy atom. The molecule has 0 aliphatic rings. The van der Waals surface area contributed by atoms with E-state index >= 15 is 0 Å². The second-order valence-electron chi connectivity index (χ2n) is 7.66. The van der Waals surface area contributed by atoms with Gasteiger partial charge in [-0.3, -0.25) is 0 Å². The standard InChI is InChI=1S/C22H46O3/c1-4-5-6-7-8-9-10-11-12-13-14-15-16-17-18-24-20-22(19-23)25-21(2)3/h21-23H,4-20H2,1-3H3. The van der Waals surface area contributed by atoms with Gasteiger partial charge in [0.1, 0.15) is 6.10 Å². The van der Waals surface area contributed by atoms with Crippen molar-refractivity contribution < 1.29 is 14.6 Å². The van der Waals surface area contributed by atoms with Crippen LogP contribution in [0, 0.1) is 0 Å². The van der Waals surface area contributed by atoms with Gasteiger partial charge in [0.25, 0.3) is 0 Å². The van der Waals surface area contributed by atoms with Crippen molar-refractivity contribution in [2.75, 3.05) is 19.8 Å². The fourth-order valence-corrected chi connectivity index (χ4v) is 3.13. The zero-order valence-electron chi connectivity index (χ0n) is 17.4. The van der Waals surface area contributed by atoms with Crippen molar-refractivity contribution in [1.82, 2.24) is 0 Å². The van der Waals surface area contributed by atoms with Gasteiger partial charge in [-0.1, -0.05) is 90.4 Å². The van der Waals surface area contributed by atoms with Gasteiger partial charge in [0.05, 0.1) is 19.3 Å². The van der Waals surface area contributed by atoms with Crippen LogP contribution in [0.25, 0.3) is 0 Å². The van der Waals surface area contributed by atoms with E-state index in [4.69, 9.17) is 9.47 Å². The first-order valence-corrected chi connectivity index (χ1v) is 11.0. The lowest BCUT2D eigenvalue weighted by molar-refractivity contribution is -0.0673. The minimum absolute atomic E-state index is 0.0386. The maximum Gasteiger partial charge on any atom is 0.104 e. The van der Waals surface area contributed by atoms with E-state index in [0.29, 0.717) is 6.61 Å². The van der Waals surface area contributed by atoms with Crippen LogP contribution in [0.1, 0.15) is 111 Å². The number of aliphatic hydroxyl groups excluding tert-OH is 1. The summed E-state index contributed by atoms with van der Waals surface area (Å²) in [5.41, 5.74) is 0. The first-order valence-electron chi connectivity index (χ1n) is 11.0. The van der Waals surface area contributed by atoms with Crippen LogP contribution >= 0.6 is 0 Å². The number of ether oxygens (including phenoxy) is 2. The molecule has 0 heterocycles. The van der Waals surface area contributed by atoms with Crippen molar-refractivity contribution in [2.24, 2.45) is 0 Å². The van der Waals surface area contributed by atoms with Gasteiger partial charge in [-0.15, -0.1) is 0 Å². The predicted molar refractivity (Wildman–Crippen MR) is 108 cm³/mol. The van der Waals surface area contributed by atoms with Gasteiger partial charge in [-0.25, -0.2) is 0 Å². The first-order chi connectivity index (χ1) is 12.2. The van der Waals surface area contributed by atoms with Crippen molar-refractivity contribution in [2.45, 2.75) is 123 Å². The molecule has 0 bridgehead atoms. The zero-order chi connectivity index (χ0) is 18.6. The van der Waals surface area contributed by atoms with Crippen molar-refractivity contribution in [1.29, 1.82) is 0 Å². The maximum atomic E-state index is 9.20. The lowest BCUT2D eigenvalue weighted by atomic mass is 10.0. The predicted octanol–water partition coefficient (Wildman–Crippen LogP) is 6.27.